The van der Waals surface area contributed by atoms with Crippen molar-refractivity contribution in [3.8, 4) is 0 Å². The number of hydrogen-bond donors (Lipinski definition) is 2. The Morgan fingerprint density at radius 3 is 2.67 bits per heavy atom. The summed E-state index contributed by atoms with van der Waals surface area (Å²) in [4.78, 5) is 10.8. The Bertz CT molecular complexity index is 605. The van der Waals surface area contributed by atoms with E-state index in [0.29, 0.717) is 12.0 Å². The summed E-state index contributed by atoms with van der Waals surface area (Å²) in [5.41, 5.74) is 1.09. The lowest BCUT2D eigenvalue weighted by molar-refractivity contribution is 0.752. The molecule has 2 N–H and O–H groups in total. The van der Waals surface area contributed by atoms with Gasteiger partial charge in [0.1, 0.15) is 17.5 Å². The molecular weight excluding hydrogens is 280 g/mol. The average Bonchev–Trinajstić information content (AvgIpc) is 3.21. The predicted molar refractivity (Wildman–Crippen MR) is 89.3 cm³/mol. The first-order chi connectivity index (χ1) is 10.2. The van der Waals surface area contributed by atoms with E-state index in [-0.39, 0.29) is 0 Å². The fourth-order valence-electron chi connectivity index (χ4n) is 2.47. The molecule has 112 valence electrons. The van der Waals surface area contributed by atoms with Gasteiger partial charge in [0.25, 0.3) is 0 Å². The lowest BCUT2D eigenvalue weighted by atomic mass is 10.1. The van der Waals surface area contributed by atoms with Gasteiger partial charge in [-0.25, -0.2) is 9.97 Å². The molecule has 2 heterocycles. The molecule has 2 aromatic rings. The lowest BCUT2D eigenvalue weighted by Crippen LogP contribution is -2.13. The summed E-state index contributed by atoms with van der Waals surface area (Å²) in [6.07, 6.45) is 3.47. The van der Waals surface area contributed by atoms with Crippen molar-refractivity contribution in [2.75, 3.05) is 17.7 Å². The summed E-state index contributed by atoms with van der Waals surface area (Å²) in [7, 11) is 1.92. The van der Waals surface area contributed by atoms with Gasteiger partial charge in [0, 0.05) is 23.4 Å². The molecule has 0 spiro atoms. The number of nitrogens with zero attached hydrogens (tertiary/aromatic N) is 2. The van der Waals surface area contributed by atoms with Crippen molar-refractivity contribution >= 4 is 23.0 Å². The maximum Gasteiger partial charge on any atom is 0.136 e. The number of thiophene rings is 1. The smallest absolute Gasteiger partial charge is 0.136 e. The van der Waals surface area contributed by atoms with Crippen molar-refractivity contribution in [1.82, 2.24) is 9.97 Å². The first-order valence-corrected chi connectivity index (χ1v) is 8.47. The van der Waals surface area contributed by atoms with Crippen LogP contribution in [0.2, 0.25) is 0 Å². The van der Waals surface area contributed by atoms with E-state index < -0.39 is 0 Å². The van der Waals surface area contributed by atoms with Crippen LogP contribution in [-0.2, 0) is 0 Å². The monoisotopic (exact) mass is 302 g/mol. The van der Waals surface area contributed by atoms with E-state index in [2.05, 4.69) is 47.0 Å². The molecule has 1 aliphatic rings. The van der Waals surface area contributed by atoms with Crippen molar-refractivity contribution in [2.45, 2.75) is 45.1 Å². The molecule has 1 saturated carbocycles. The molecule has 3 rings (SSSR count). The molecular formula is C16H22N4S. The van der Waals surface area contributed by atoms with Crippen molar-refractivity contribution < 1.29 is 0 Å². The minimum absolute atomic E-state index is 0.315. The zero-order chi connectivity index (χ0) is 14.8. The highest BCUT2D eigenvalue weighted by atomic mass is 32.1. The summed E-state index contributed by atoms with van der Waals surface area (Å²) >= 11 is 1.79. The Morgan fingerprint density at radius 1 is 1.33 bits per heavy atom. The van der Waals surface area contributed by atoms with Gasteiger partial charge in [-0.2, -0.15) is 0 Å². The Balaban J connectivity index is 1.91. The van der Waals surface area contributed by atoms with E-state index in [4.69, 9.17) is 4.98 Å². The third kappa shape index (κ3) is 3.02. The summed E-state index contributed by atoms with van der Waals surface area (Å²) in [6.45, 7) is 4.28. The van der Waals surface area contributed by atoms with Gasteiger partial charge in [-0.3, -0.25) is 0 Å². The minimum atomic E-state index is 0.315. The molecule has 4 nitrogen and oxygen atoms in total. The predicted octanol–water partition coefficient (Wildman–Crippen LogP) is 4.33. The highest BCUT2D eigenvalue weighted by Crippen LogP contribution is 2.40. The topological polar surface area (TPSA) is 49.8 Å². The summed E-state index contributed by atoms with van der Waals surface area (Å²) in [5.74, 6) is 3.44. The quantitative estimate of drug-likeness (QED) is 0.834. The number of anilines is 2. The molecule has 0 saturated heterocycles. The van der Waals surface area contributed by atoms with Gasteiger partial charge >= 0.3 is 0 Å². The number of hydrogen-bond acceptors (Lipinski definition) is 5. The van der Waals surface area contributed by atoms with Gasteiger partial charge < -0.3 is 10.6 Å². The number of nitrogens with one attached hydrogen (secondary N) is 2. The van der Waals surface area contributed by atoms with Crippen molar-refractivity contribution in [3.63, 3.8) is 0 Å². The average molecular weight is 302 g/mol. The minimum Gasteiger partial charge on any atom is -0.373 e. The summed E-state index contributed by atoms with van der Waals surface area (Å²) < 4.78 is 0. The Morgan fingerprint density at radius 2 is 2.10 bits per heavy atom. The van der Waals surface area contributed by atoms with Crippen LogP contribution < -0.4 is 10.6 Å². The Hall–Kier alpha value is -1.62. The Kier molecular flexibility index (Phi) is 4.10. The molecule has 2 aromatic heterocycles. The van der Waals surface area contributed by atoms with Gasteiger partial charge in [-0.05, 0) is 37.6 Å². The maximum atomic E-state index is 4.78. The van der Waals surface area contributed by atoms with Gasteiger partial charge in [0.2, 0.25) is 0 Å². The SMILES string of the molecule is CCC(Nc1nc(C2CC2)nc(NC)c1C)c1cccs1. The zero-order valence-corrected chi connectivity index (χ0v) is 13.6. The standard InChI is InChI=1S/C16H22N4S/c1-4-12(13-6-5-9-21-13)18-15-10(2)14(17-3)19-16(20-15)11-7-8-11/h5-6,9,11-12H,4,7-8H2,1-3H3,(H2,17,18,19,20). The van der Waals surface area contributed by atoms with Gasteiger partial charge in [0.15, 0.2) is 0 Å². The molecule has 5 heteroatoms. The van der Waals surface area contributed by atoms with Crippen LogP contribution in [0.15, 0.2) is 17.5 Å². The van der Waals surface area contributed by atoms with Crippen molar-refractivity contribution in [3.05, 3.63) is 33.8 Å². The zero-order valence-electron chi connectivity index (χ0n) is 12.8. The van der Waals surface area contributed by atoms with E-state index in [1.54, 1.807) is 11.3 Å². The van der Waals surface area contributed by atoms with Crippen LogP contribution in [0.3, 0.4) is 0 Å². The van der Waals surface area contributed by atoms with E-state index >= 15 is 0 Å². The van der Waals surface area contributed by atoms with Crippen LogP contribution in [0.5, 0.6) is 0 Å². The van der Waals surface area contributed by atoms with Crippen molar-refractivity contribution in [2.24, 2.45) is 0 Å². The molecule has 1 aliphatic carbocycles. The van der Waals surface area contributed by atoms with Gasteiger partial charge in [-0.15, -0.1) is 11.3 Å². The normalized spacial score (nSPS) is 15.8. The van der Waals surface area contributed by atoms with Crippen LogP contribution in [-0.4, -0.2) is 17.0 Å². The van der Waals surface area contributed by atoms with Crippen LogP contribution in [0.25, 0.3) is 0 Å². The van der Waals surface area contributed by atoms with Crippen LogP contribution >= 0.6 is 11.3 Å². The fourth-order valence-corrected chi connectivity index (χ4v) is 3.33. The van der Waals surface area contributed by atoms with Crippen LogP contribution in [0, 0.1) is 6.92 Å². The van der Waals surface area contributed by atoms with Gasteiger partial charge in [0.05, 0.1) is 6.04 Å². The summed E-state index contributed by atoms with van der Waals surface area (Å²) in [5, 5.41) is 8.94. The second-order valence-corrected chi connectivity index (χ2v) is 6.53. The maximum absolute atomic E-state index is 4.78. The first kappa shape index (κ1) is 14.3. The van der Waals surface area contributed by atoms with Crippen LogP contribution in [0.1, 0.15) is 54.4 Å². The number of aromatic nitrogens is 2. The van der Waals surface area contributed by atoms with E-state index in [1.165, 1.54) is 17.7 Å². The highest BCUT2D eigenvalue weighted by molar-refractivity contribution is 7.10. The molecule has 21 heavy (non-hydrogen) atoms. The molecule has 1 unspecified atom stereocenters. The molecule has 0 bridgehead atoms. The van der Waals surface area contributed by atoms with Gasteiger partial charge in [-0.1, -0.05) is 13.0 Å². The third-order valence-electron chi connectivity index (χ3n) is 3.95. The van der Waals surface area contributed by atoms with E-state index in [1.807, 2.05) is 7.05 Å². The second kappa shape index (κ2) is 6.02. The molecule has 1 atom stereocenters. The molecule has 0 aromatic carbocycles. The molecule has 0 aliphatic heterocycles. The van der Waals surface area contributed by atoms with Crippen molar-refractivity contribution in [1.29, 1.82) is 0 Å². The number of rotatable bonds is 6. The third-order valence-corrected chi connectivity index (χ3v) is 4.93. The molecule has 0 radical (unpaired) electrons. The van der Waals surface area contributed by atoms with E-state index in [0.717, 1.165) is 29.4 Å². The summed E-state index contributed by atoms with van der Waals surface area (Å²) in [6, 6.07) is 4.60. The highest BCUT2D eigenvalue weighted by Gasteiger charge is 2.28. The first-order valence-electron chi connectivity index (χ1n) is 7.59. The van der Waals surface area contributed by atoms with E-state index in [9.17, 15) is 0 Å². The molecule has 0 amide bonds. The largest absolute Gasteiger partial charge is 0.373 e. The molecule has 1 fully saturated rings. The fraction of sp³-hybridized carbons (Fsp3) is 0.500. The lowest BCUT2D eigenvalue weighted by Gasteiger charge is -2.19. The Labute approximate surface area is 130 Å². The second-order valence-electron chi connectivity index (χ2n) is 5.55. The van der Waals surface area contributed by atoms with Crippen LogP contribution in [0.4, 0.5) is 11.6 Å².